The summed E-state index contributed by atoms with van der Waals surface area (Å²) in [6, 6.07) is 1.66. The predicted molar refractivity (Wildman–Crippen MR) is 78.1 cm³/mol. The summed E-state index contributed by atoms with van der Waals surface area (Å²) in [6.45, 7) is 2.28. The Bertz CT molecular complexity index is 531. The number of nitrogens with two attached hydrogens (primary N) is 1. The van der Waals surface area contributed by atoms with Crippen LogP contribution in [0.5, 0.6) is 5.88 Å². The van der Waals surface area contributed by atoms with E-state index < -0.39 is 0 Å². The fourth-order valence-corrected chi connectivity index (χ4v) is 2.48. The topological polar surface area (TPSA) is 102 Å². The van der Waals surface area contributed by atoms with Crippen molar-refractivity contribution in [3.8, 4) is 5.88 Å². The molecule has 2 heterocycles. The van der Waals surface area contributed by atoms with Crippen LogP contribution < -0.4 is 10.5 Å². The Morgan fingerprint density at radius 1 is 1.45 bits per heavy atom. The lowest BCUT2D eigenvalue weighted by Gasteiger charge is -2.22. The number of ether oxygens (including phenoxy) is 1. The van der Waals surface area contributed by atoms with Crippen LogP contribution >= 0.6 is 0 Å². The second kappa shape index (κ2) is 7.26. The van der Waals surface area contributed by atoms with E-state index in [0.29, 0.717) is 44.1 Å². The molecule has 122 valence electrons. The maximum Gasteiger partial charge on any atom is 0.254 e. The summed E-state index contributed by atoms with van der Waals surface area (Å²) in [7, 11) is 3.43. The van der Waals surface area contributed by atoms with Crippen molar-refractivity contribution in [3.63, 3.8) is 0 Å². The molecular formula is C14H22N4O4. The standard InChI is InChI=1S/C14H22N4O4/c1-17-5-6-18(9-10(8-17)14(15)20)13(19)4-3-11-7-12(21-2)16-22-11/h7,10H,3-6,8-9H2,1-2H3,(H2,15,20). The third-order valence-corrected chi connectivity index (χ3v) is 3.81. The molecule has 1 saturated heterocycles. The van der Waals surface area contributed by atoms with Crippen LogP contribution in [-0.4, -0.2) is 67.1 Å². The lowest BCUT2D eigenvalue weighted by atomic mass is 10.1. The third-order valence-electron chi connectivity index (χ3n) is 3.81. The Hall–Kier alpha value is -2.09. The molecule has 2 N–H and O–H groups in total. The van der Waals surface area contributed by atoms with Gasteiger partial charge in [0.05, 0.1) is 13.0 Å². The summed E-state index contributed by atoms with van der Waals surface area (Å²) in [6.07, 6.45) is 0.746. The van der Waals surface area contributed by atoms with Crippen molar-refractivity contribution in [1.29, 1.82) is 0 Å². The van der Waals surface area contributed by atoms with Crippen LogP contribution in [0, 0.1) is 5.92 Å². The minimum Gasteiger partial charge on any atom is -0.479 e. The van der Waals surface area contributed by atoms with Gasteiger partial charge in [-0.15, -0.1) is 0 Å². The number of amides is 2. The molecule has 1 aliphatic rings. The molecule has 0 spiro atoms. The van der Waals surface area contributed by atoms with Crippen molar-refractivity contribution in [3.05, 3.63) is 11.8 Å². The molecule has 1 atom stereocenters. The molecule has 2 rings (SSSR count). The number of likely N-dealkylation sites (N-methyl/N-ethyl adjacent to an activating group) is 1. The molecule has 0 radical (unpaired) electrons. The molecule has 0 bridgehead atoms. The van der Waals surface area contributed by atoms with Gasteiger partial charge in [0.25, 0.3) is 5.88 Å². The van der Waals surface area contributed by atoms with E-state index in [1.165, 1.54) is 7.11 Å². The number of methoxy groups -OCH3 is 1. The van der Waals surface area contributed by atoms with E-state index >= 15 is 0 Å². The Balaban J connectivity index is 1.91. The fraction of sp³-hybridized carbons (Fsp3) is 0.643. The van der Waals surface area contributed by atoms with E-state index in [4.69, 9.17) is 15.0 Å². The molecule has 2 amide bonds. The number of aryl methyl sites for hydroxylation is 1. The molecule has 0 aromatic carbocycles. The van der Waals surface area contributed by atoms with Gasteiger partial charge in [-0.1, -0.05) is 0 Å². The summed E-state index contributed by atoms with van der Waals surface area (Å²) in [5.41, 5.74) is 5.40. The second-order valence-electron chi connectivity index (χ2n) is 5.54. The van der Waals surface area contributed by atoms with Gasteiger partial charge < -0.3 is 24.8 Å². The Kier molecular flexibility index (Phi) is 5.37. The number of primary amides is 1. The molecular weight excluding hydrogens is 288 g/mol. The first kappa shape index (κ1) is 16.3. The van der Waals surface area contributed by atoms with Gasteiger partial charge in [-0.3, -0.25) is 9.59 Å². The van der Waals surface area contributed by atoms with Crippen LogP contribution in [0.3, 0.4) is 0 Å². The van der Waals surface area contributed by atoms with Crippen LogP contribution in [-0.2, 0) is 16.0 Å². The number of carbonyl (C=O) groups is 2. The molecule has 1 unspecified atom stereocenters. The predicted octanol–water partition coefficient (Wildman–Crippen LogP) is -0.509. The Labute approximate surface area is 129 Å². The summed E-state index contributed by atoms with van der Waals surface area (Å²) in [5, 5.41) is 3.70. The summed E-state index contributed by atoms with van der Waals surface area (Å²) in [5.74, 6) is 0.279. The van der Waals surface area contributed by atoms with Crippen molar-refractivity contribution in [2.45, 2.75) is 12.8 Å². The second-order valence-corrected chi connectivity index (χ2v) is 5.54. The molecule has 1 aromatic rings. The minimum atomic E-state index is -0.369. The number of rotatable bonds is 5. The molecule has 0 saturated carbocycles. The zero-order valence-corrected chi connectivity index (χ0v) is 12.9. The monoisotopic (exact) mass is 310 g/mol. The van der Waals surface area contributed by atoms with E-state index in [1.807, 2.05) is 11.9 Å². The number of hydrogen-bond acceptors (Lipinski definition) is 6. The van der Waals surface area contributed by atoms with Gasteiger partial charge in [0, 0.05) is 45.1 Å². The summed E-state index contributed by atoms with van der Waals surface area (Å²) >= 11 is 0. The number of nitrogens with zero attached hydrogens (tertiary/aromatic N) is 3. The Morgan fingerprint density at radius 3 is 2.86 bits per heavy atom. The molecule has 0 aliphatic carbocycles. The SMILES string of the molecule is COc1cc(CCC(=O)N2CCN(C)CC(C(N)=O)C2)on1. The lowest BCUT2D eigenvalue weighted by molar-refractivity contribution is -0.132. The van der Waals surface area contributed by atoms with Crippen LogP contribution in [0.2, 0.25) is 0 Å². The van der Waals surface area contributed by atoms with Crippen LogP contribution in [0.25, 0.3) is 0 Å². The fourth-order valence-electron chi connectivity index (χ4n) is 2.48. The van der Waals surface area contributed by atoms with Gasteiger partial charge in [-0.05, 0) is 12.2 Å². The maximum absolute atomic E-state index is 12.3. The van der Waals surface area contributed by atoms with Gasteiger partial charge in [0.2, 0.25) is 11.8 Å². The van der Waals surface area contributed by atoms with Crippen LogP contribution in [0.15, 0.2) is 10.6 Å². The van der Waals surface area contributed by atoms with Gasteiger partial charge in [0.15, 0.2) is 0 Å². The van der Waals surface area contributed by atoms with E-state index in [9.17, 15) is 9.59 Å². The van der Waals surface area contributed by atoms with E-state index in [-0.39, 0.29) is 17.7 Å². The zero-order chi connectivity index (χ0) is 16.1. The highest BCUT2D eigenvalue weighted by Crippen LogP contribution is 2.14. The number of carbonyl (C=O) groups excluding carboxylic acids is 2. The minimum absolute atomic E-state index is 0.0167. The average Bonchev–Trinajstić information content (AvgIpc) is 2.86. The average molecular weight is 310 g/mol. The van der Waals surface area contributed by atoms with Crippen molar-refractivity contribution in [1.82, 2.24) is 15.0 Å². The van der Waals surface area contributed by atoms with E-state index in [2.05, 4.69) is 5.16 Å². The van der Waals surface area contributed by atoms with Crippen molar-refractivity contribution in [2.24, 2.45) is 11.7 Å². The van der Waals surface area contributed by atoms with Crippen molar-refractivity contribution < 1.29 is 18.8 Å². The first-order valence-corrected chi connectivity index (χ1v) is 7.24. The van der Waals surface area contributed by atoms with Gasteiger partial charge >= 0.3 is 0 Å². The highest BCUT2D eigenvalue weighted by atomic mass is 16.5. The summed E-state index contributed by atoms with van der Waals surface area (Å²) < 4.78 is 10.00. The van der Waals surface area contributed by atoms with Gasteiger partial charge in [0.1, 0.15) is 5.76 Å². The van der Waals surface area contributed by atoms with Crippen LogP contribution in [0.1, 0.15) is 12.2 Å². The van der Waals surface area contributed by atoms with E-state index in [0.717, 1.165) is 6.54 Å². The first-order chi connectivity index (χ1) is 10.5. The van der Waals surface area contributed by atoms with E-state index in [1.54, 1.807) is 11.0 Å². The highest BCUT2D eigenvalue weighted by Gasteiger charge is 2.27. The summed E-state index contributed by atoms with van der Waals surface area (Å²) in [4.78, 5) is 27.5. The van der Waals surface area contributed by atoms with Crippen LogP contribution in [0.4, 0.5) is 0 Å². The van der Waals surface area contributed by atoms with Crippen molar-refractivity contribution in [2.75, 3.05) is 40.3 Å². The third kappa shape index (κ3) is 4.20. The molecule has 1 aliphatic heterocycles. The van der Waals surface area contributed by atoms with Crippen molar-refractivity contribution >= 4 is 11.8 Å². The normalized spacial score (nSPS) is 19.7. The smallest absolute Gasteiger partial charge is 0.254 e. The zero-order valence-electron chi connectivity index (χ0n) is 12.9. The quantitative estimate of drug-likeness (QED) is 0.786. The molecule has 1 aromatic heterocycles. The number of aromatic nitrogens is 1. The first-order valence-electron chi connectivity index (χ1n) is 7.24. The lowest BCUT2D eigenvalue weighted by Crippen LogP contribution is -2.40. The van der Waals surface area contributed by atoms with Gasteiger partial charge in [-0.25, -0.2) is 0 Å². The number of hydrogen-bond donors (Lipinski definition) is 1. The Morgan fingerprint density at radius 2 is 2.23 bits per heavy atom. The largest absolute Gasteiger partial charge is 0.479 e. The maximum atomic E-state index is 12.3. The molecule has 22 heavy (non-hydrogen) atoms. The molecule has 8 heteroatoms. The molecule has 8 nitrogen and oxygen atoms in total. The highest BCUT2D eigenvalue weighted by molar-refractivity contribution is 5.80. The molecule has 1 fully saturated rings. The van der Waals surface area contributed by atoms with Gasteiger partial charge in [-0.2, -0.15) is 0 Å².